The molecule has 0 fully saturated rings. The highest BCUT2D eigenvalue weighted by Gasteiger charge is 2.35. The van der Waals surface area contributed by atoms with Gasteiger partial charge >= 0.3 is 6.09 Å². The standard InChI is InChI=1S/C23H26Cl2F2N2O3Si/c1-4-33(5-2,6-3)32-21(22-19(24)9-15(12-28)10-20(22)25)14-31-23(30)29-13-16-7-17(26)11-18(27)8-16/h7-11,21H,4-6,13-14H2,1-3H3,(H,29,30). The molecule has 0 saturated heterocycles. The largest absolute Gasteiger partial charge is 0.446 e. The van der Waals surface area contributed by atoms with Crippen molar-refractivity contribution in [1.29, 1.82) is 5.26 Å². The zero-order valence-electron chi connectivity index (χ0n) is 18.7. The number of carbonyl (C=O) groups excluding carboxylic acids is 1. The van der Waals surface area contributed by atoms with Gasteiger partial charge in [-0.25, -0.2) is 13.6 Å². The first-order valence-corrected chi connectivity index (χ1v) is 13.9. The number of hydrogen-bond donors (Lipinski definition) is 1. The highest BCUT2D eigenvalue weighted by atomic mass is 35.5. The molecule has 2 rings (SSSR count). The Morgan fingerprint density at radius 2 is 1.61 bits per heavy atom. The normalized spacial score (nSPS) is 12.2. The lowest BCUT2D eigenvalue weighted by Crippen LogP contribution is -2.39. The van der Waals surface area contributed by atoms with E-state index in [1.54, 1.807) is 0 Å². The number of ether oxygens (including phenoxy) is 1. The summed E-state index contributed by atoms with van der Waals surface area (Å²) in [4.78, 5) is 12.3. The van der Waals surface area contributed by atoms with Gasteiger partial charge in [-0.2, -0.15) is 5.26 Å². The average molecular weight is 515 g/mol. The molecule has 1 unspecified atom stereocenters. The fourth-order valence-electron chi connectivity index (χ4n) is 3.52. The lowest BCUT2D eigenvalue weighted by atomic mass is 10.1. The number of nitriles is 1. The predicted molar refractivity (Wildman–Crippen MR) is 127 cm³/mol. The second-order valence-corrected chi connectivity index (χ2v) is 13.1. The van der Waals surface area contributed by atoms with Crippen LogP contribution in [0.2, 0.25) is 28.2 Å². The van der Waals surface area contributed by atoms with Gasteiger partial charge < -0.3 is 14.5 Å². The molecular formula is C23H26Cl2F2N2O3Si. The van der Waals surface area contributed by atoms with Gasteiger partial charge in [0.2, 0.25) is 0 Å². The Bertz CT molecular complexity index is 978. The molecule has 0 aliphatic carbocycles. The summed E-state index contributed by atoms with van der Waals surface area (Å²) in [6.45, 7) is 5.89. The van der Waals surface area contributed by atoms with Crippen molar-refractivity contribution in [2.24, 2.45) is 0 Å². The Morgan fingerprint density at radius 1 is 1.06 bits per heavy atom. The molecule has 2 aromatic rings. The average Bonchev–Trinajstić information content (AvgIpc) is 2.78. The summed E-state index contributed by atoms with van der Waals surface area (Å²) in [5.41, 5.74) is 1.01. The summed E-state index contributed by atoms with van der Waals surface area (Å²) in [6, 6.07) is 10.5. The van der Waals surface area contributed by atoms with Crippen LogP contribution >= 0.6 is 23.2 Å². The van der Waals surface area contributed by atoms with Crippen LogP contribution in [0.25, 0.3) is 0 Å². The van der Waals surface area contributed by atoms with E-state index in [9.17, 15) is 13.6 Å². The molecule has 0 heterocycles. The van der Waals surface area contributed by atoms with Crippen molar-refractivity contribution in [1.82, 2.24) is 5.32 Å². The van der Waals surface area contributed by atoms with E-state index >= 15 is 0 Å². The molecule has 1 atom stereocenters. The number of alkyl carbamates (subject to hydrolysis) is 1. The second-order valence-electron chi connectivity index (χ2n) is 7.55. The highest BCUT2D eigenvalue weighted by molar-refractivity contribution is 6.73. The fraction of sp³-hybridized carbons (Fsp3) is 0.391. The predicted octanol–water partition coefficient (Wildman–Crippen LogP) is 7.13. The molecule has 0 saturated carbocycles. The monoisotopic (exact) mass is 514 g/mol. The van der Waals surface area contributed by atoms with Gasteiger partial charge in [-0.05, 0) is 48.0 Å². The molecule has 10 heteroatoms. The molecule has 0 aromatic heterocycles. The first-order valence-electron chi connectivity index (χ1n) is 10.6. The number of rotatable bonds is 10. The third-order valence-corrected chi connectivity index (χ3v) is 10.9. The maximum atomic E-state index is 13.3. The topological polar surface area (TPSA) is 71.3 Å². The van der Waals surface area contributed by atoms with Gasteiger partial charge in [-0.3, -0.25) is 0 Å². The van der Waals surface area contributed by atoms with Crippen molar-refractivity contribution in [2.75, 3.05) is 6.61 Å². The Labute approximate surface area is 203 Å². The number of nitrogens with one attached hydrogen (secondary N) is 1. The second kappa shape index (κ2) is 12.3. The van der Waals surface area contributed by atoms with Crippen LogP contribution in [-0.2, 0) is 15.7 Å². The molecule has 0 bridgehead atoms. The van der Waals surface area contributed by atoms with Crippen LogP contribution in [0.5, 0.6) is 0 Å². The van der Waals surface area contributed by atoms with E-state index in [-0.39, 0.29) is 28.8 Å². The van der Waals surface area contributed by atoms with Gasteiger partial charge in [-0.1, -0.05) is 44.0 Å². The molecule has 178 valence electrons. The van der Waals surface area contributed by atoms with E-state index in [1.165, 1.54) is 12.1 Å². The molecule has 5 nitrogen and oxygen atoms in total. The zero-order chi connectivity index (χ0) is 24.6. The molecule has 33 heavy (non-hydrogen) atoms. The lowest BCUT2D eigenvalue weighted by molar-refractivity contribution is 0.0754. The molecule has 0 spiro atoms. The van der Waals surface area contributed by atoms with Crippen molar-refractivity contribution in [3.8, 4) is 6.07 Å². The van der Waals surface area contributed by atoms with Gasteiger partial charge in [0, 0.05) is 28.2 Å². The first kappa shape index (κ1) is 27.1. The van der Waals surface area contributed by atoms with Gasteiger partial charge in [0.05, 0.1) is 11.6 Å². The van der Waals surface area contributed by atoms with Crippen LogP contribution in [0.4, 0.5) is 13.6 Å². The van der Waals surface area contributed by atoms with E-state index in [0.29, 0.717) is 11.1 Å². The van der Waals surface area contributed by atoms with Crippen molar-refractivity contribution in [3.05, 3.63) is 68.7 Å². The molecule has 0 aliphatic rings. The Morgan fingerprint density at radius 3 is 2.09 bits per heavy atom. The first-order chi connectivity index (χ1) is 15.7. The Kier molecular flexibility index (Phi) is 10.1. The summed E-state index contributed by atoms with van der Waals surface area (Å²) in [5.74, 6) is -1.47. The van der Waals surface area contributed by atoms with Crippen LogP contribution in [-0.4, -0.2) is 21.0 Å². The molecule has 2 aromatic carbocycles. The quantitative estimate of drug-likeness (QED) is 0.342. The van der Waals surface area contributed by atoms with Crippen molar-refractivity contribution in [2.45, 2.75) is 51.6 Å². The number of hydrogen-bond acceptors (Lipinski definition) is 4. The number of carbonyl (C=O) groups is 1. The zero-order valence-corrected chi connectivity index (χ0v) is 21.2. The third kappa shape index (κ3) is 7.41. The summed E-state index contributed by atoms with van der Waals surface area (Å²) < 4.78 is 38.6. The maximum Gasteiger partial charge on any atom is 0.407 e. The number of benzene rings is 2. The van der Waals surface area contributed by atoms with Gasteiger partial charge in [0.1, 0.15) is 24.3 Å². The van der Waals surface area contributed by atoms with Crippen LogP contribution in [0.1, 0.15) is 43.6 Å². The van der Waals surface area contributed by atoms with E-state index in [4.69, 9.17) is 37.6 Å². The molecule has 1 N–H and O–H groups in total. The van der Waals surface area contributed by atoms with Gasteiger partial charge in [0.15, 0.2) is 8.32 Å². The minimum absolute atomic E-state index is 0.116. The summed E-state index contributed by atoms with van der Waals surface area (Å²) in [5, 5.41) is 12.1. The van der Waals surface area contributed by atoms with E-state index in [1.807, 2.05) is 6.07 Å². The highest BCUT2D eigenvalue weighted by Crippen LogP contribution is 2.38. The van der Waals surface area contributed by atoms with Crippen LogP contribution < -0.4 is 5.32 Å². The fourth-order valence-corrected chi connectivity index (χ4v) is 7.04. The maximum absolute atomic E-state index is 13.3. The minimum atomic E-state index is -2.16. The number of nitrogens with zero attached hydrogens (tertiary/aromatic N) is 1. The van der Waals surface area contributed by atoms with Crippen molar-refractivity contribution in [3.63, 3.8) is 0 Å². The molecule has 0 radical (unpaired) electrons. The smallest absolute Gasteiger partial charge is 0.407 e. The SMILES string of the molecule is CC[Si](CC)(CC)OC(COC(=O)NCc1cc(F)cc(F)c1)c1c(Cl)cc(C#N)cc1Cl. The lowest BCUT2D eigenvalue weighted by Gasteiger charge is -2.34. The molecular weight excluding hydrogens is 489 g/mol. The minimum Gasteiger partial charge on any atom is -0.446 e. The number of amides is 1. The van der Waals surface area contributed by atoms with Crippen LogP contribution in [0, 0.1) is 23.0 Å². The van der Waals surface area contributed by atoms with Gasteiger partial charge in [-0.15, -0.1) is 0 Å². The number of halogens is 4. The van der Waals surface area contributed by atoms with Crippen molar-refractivity contribution < 1.29 is 22.7 Å². The Hall–Kier alpha value is -2.18. The third-order valence-electron chi connectivity index (χ3n) is 5.58. The van der Waals surface area contributed by atoms with Crippen molar-refractivity contribution >= 4 is 37.6 Å². The molecule has 1 amide bonds. The van der Waals surface area contributed by atoms with Crippen LogP contribution in [0.3, 0.4) is 0 Å². The summed E-state index contributed by atoms with van der Waals surface area (Å²) in [6.07, 6.45) is -1.52. The van der Waals surface area contributed by atoms with Crippen LogP contribution in [0.15, 0.2) is 30.3 Å². The van der Waals surface area contributed by atoms with Gasteiger partial charge in [0.25, 0.3) is 0 Å². The summed E-state index contributed by atoms with van der Waals surface area (Å²) >= 11 is 12.9. The summed E-state index contributed by atoms with van der Waals surface area (Å²) in [7, 11) is -2.16. The molecule has 0 aliphatic heterocycles. The van der Waals surface area contributed by atoms with E-state index in [2.05, 4.69) is 26.1 Å². The Balaban J connectivity index is 2.20. The van der Waals surface area contributed by atoms with E-state index < -0.39 is 32.1 Å². The van der Waals surface area contributed by atoms with E-state index in [0.717, 1.165) is 36.3 Å².